The van der Waals surface area contributed by atoms with Crippen LogP contribution >= 0.6 is 0 Å². The lowest BCUT2D eigenvalue weighted by Gasteiger charge is -2.22. The number of piperidine rings is 1. The van der Waals surface area contributed by atoms with Crippen molar-refractivity contribution in [1.82, 2.24) is 5.32 Å². The van der Waals surface area contributed by atoms with E-state index in [2.05, 4.69) is 10.6 Å². The fraction of sp³-hybridized carbons (Fsp3) is 0.533. The van der Waals surface area contributed by atoms with Crippen LogP contribution in [0.2, 0.25) is 0 Å². The van der Waals surface area contributed by atoms with E-state index in [1.807, 2.05) is 12.1 Å². The number of hydrogen-bond donors (Lipinski definition) is 2. The molecule has 7 heteroatoms. The Balaban J connectivity index is 1.77. The van der Waals surface area contributed by atoms with Gasteiger partial charge in [-0.15, -0.1) is 0 Å². The fourth-order valence-corrected chi connectivity index (χ4v) is 4.05. The lowest BCUT2D eigenvalue weighted by Crippen LogP contribution is -2.34. The van der Waals surface area contributed by atoms with Crippen molar-refractivity contribution in [3.8, 4) is 0 Å². The first-order valence-electron chi connectivity index (χ1n) is 7.57. The van der Waals surface area contributed by atoms with Gasteiger partial charge in [0.2, 0.25) is 15.9 Å². The fourth-order valence-electron chi connectivity index (χ4n) is 3.10. The van der Waals surface area contributed by atoms with Crippen LogP contribution in [0.3, 0.4) is 0 Å². The zero-order chi connectivity index (χ0) is 15.7. The molecule has 0 aliphatic carbocycles. The maximum Gasteiger partial charge on any atom is 0.232 e. The number of carbonyl (C=O) groups excluding carboxylic acids is 1. The molecule has 1 amide bonds. The van der Waals surface area contributed by atoms with E-state index in [0.29, 0.717) is 24.3 Å². The third-order valence-electron chi connectivity index (χ3n) is 4.32. The summed E-state index contributed by atoms with van der Waals surface area (Å²) in [6.45, 7) is 2.20. The Labute approximate surface area is 130 Å². The zero-order valence-electron chi connectivity index (χ0n) is 12.6. The van der Waals surface area contributed by atoms with Crippen LogP contribution in [-0.2, 0) is 21.2 Å². The first kappa shape index (κ1) is 15.3. The van der Waals surface area contributed by atoms with Gasteiger partial charge in [0.25, 0.3) is 0 Å². The smallest absolute Gasteiger partial charge is 0.232 e. The van der Waals surface area contributed by atoms with Crippen LogP contribution in [0.25, 0.3) is 0 Å². The van der Waals surface area contributed by atoms with E-state index < -0.39 is 10.0 Å². The Kier molecular flexibility index (Phi) is 4.10. The maximum absolute atomic E-state index is 12.3. The van der Waals surface area contributed by atoms with E-state index in [-0.39, 0.29) is 11.8 Å². The average Bonchev–Trinajstić information content (AvgIpc) is 2.91. The van der Waals surface area contributed by atoms with E-state index in [9.17, 15) is 13.2 Å². The summed E-state index contributed by atoms with van der Waals surface area (Å²) in [5, 5.41) is 6.16. The van der Waals surface area contributed by atoms with Crippen molar-refractivity contribution < 1.29 is 13.2 Å². The summed E-state index contributed by atoms with van der Waals surface area (Å²) in [7, 11) is -3.27. The molecule has 120 valence electrons. The first-order chi connectivity index (χ1) is 10.4. The number of sulfonamides is 1. The van der Waals surface area contributed by atoms with Gasteiger partial charge >= 0.3 is 0 Å². The molecule has 1 saturated heterocycles. The minimum Gasteiger partial charge on any atom is -0.326 e. The van der Waals surface area contributed by atoms with E-state index in [4.69, 9.17) is 0 Å². The molecule has 0 saturated carbocycles. The van der Waals surface area contributed by atoms with Gasteiger partial charge in [0, 0.05) is 18.2 Å². The molecule has 2 heterocycles. The second-order valence-corrected chi connectivity index (χ2v) is 7.85. The van der Waals surface area contributed by atoms with Gasteiger partial charge in [-0.05, 0) is 50.0 Å². The molecule has 3 rings (SSSR count). The minimum absolute atomic E-state index is 0.0188. The predicted molar refractivity (Wildman–Crippen MR) is 86.6 cm³/mol. The lowest BCUT2D eigenvalue weighted by atomic mass is 9.97. The minimum atomic E-state index is -3.27. The highest BCUT2D eigenvalue weighted by Crippen LogP contribution is 2.32. The summed E-state index contributed by atoms with van der Waals surface area (Å²) >= 11 is 0. The van der Waals surface area contributed by atoms with E-state index in [0.717, 1.165) is 31.5 Å². The number of hydrogen-bond acceptors (Lipinski definition) is 4. The SMILES string of the molecule is CS(=O)(=O)N1CCc2ccc(NC(=O)C3CCNCC3)cc21. The Morgan fingerprint density at radius 1 is 1.32 bits per heavy atom. The van der Waals surface area contributed by atoms with Gasteiger partial charge in [-0.25, -0.2) is 8.42 Å². The molecule has 0 aromatic heterocycles. The van der Waals surface area contributed by atoms with Crippen LogP contribution in [0.4, 0.5) is 11.4 Å². The summed E-state index contributed by atoms with van der Waals surface area (Å²) in [6, 6.07) is 5.52. The van der Waals surface area contributed by atoms with E-state index in [1.54, 1.807) is 6.07 Å². The monoisotopic (exact) mass is 323 g/mol. The molecule has 2 aliphatic rings. The number of anilines is 2. The summed E-state index contributed by atoms with van der Waals surface area (Å²) in [4.78, 5) is 12.3. The molecule has 0 radical (unpaired) electrons. The Bertz CT molecular complexity index is 681. The molecule has 1 fully saturated rings. The highest BCUT2D eigenvalue weighted by molar-refractivity contribution is 7.92. The van der Waals surface area contributed by atoms with Gasteiger partial charge in [-0.1, -0.05) is 6.07 Å². The molecule has 0 spiro atoms. The van der Waals surface area contributed by atoms with Crippen molar-refractivity contribution in [2.45, 2.75) is 19.3 Å². The molecule has 2 aliphatic heterocycles. The van der Waals surface area contributed by atoms with Gasteiger partial charge in [-0.2, -0.15) is 0 Å². The second-order valence-electron chi connectivity index (χ2n) is 5.94. The number of rotatable bonds is 3. The van der Waals surface area contributed by atoms with Crippen molar-refractivity contribution in [3.63, 3.8) is 0 Å². The van der Waals surface area contributed by atoms with Crippen LogP contribution in [0.1, 0.15) is 18.4 Å². The van der Waals surface area contributed by atoms with Crippen LogP contribution < -0.4 is 14.9 Å². The van der Waals surface area contributed by atoms with Crippen molar-refractivity contribution >= 4 is 27.3 Å². The number of benzene rings is 1. The van der Waals surface area contributed by atoms with Crippen LogP contribution in [-0.4, -0.2) is 40.2 Å². The predicted octanol–water partition coefficient (Wildman–Crippen LogP) is 0.947. The third kappa shape index (κ3) is 3.10. The molecule has 6 nitrogen and oxygen atoms in total. The quantitative estimate of drug-likeness (QED) is 0.868. The molecule has 2 N–H and O–H groups in total. The van der Waals surface area contributed by atoms with Crippen molar-refractivity contribution in [2.75, 3.05) is 35.5 Å². The largest absolute Gasteiger partial charge is 0.326 e. The number of amides is 1. The third-order valence-corrected chi connectivity index (χ3v) is 5.50. The van der Waals surface area contributed by atoms with Crippen LogP contribution in [0.15, 0.2) is 18.2 Å². The van der Waals surface area contributed by atoms with E-state index >= 15 is 0 Å². The van der Waals surface area contributed by atoms with Crippen LogP contribution in [0, 0.1) is 5.92 Å². The molecule has 1 aromatic rings. The first-order valence-corrected chi connectivity index (χ1v) is 9.42. The molecular formula is C15H21N3O3S. The number of nitrogens with one attached hydrogen (secondary N) is 2. The summed E-state index contributed by atoms with van der Waals surface area (Å²) in [6.07, 6.45) is 3.60. The highest BCUT2D eigenvalue weighted by Gasteiger charge is 2.27. The summed E-state index contributed by atoms with van der Waals surface area (Å²) in [5.41, 5.74) is 2.36. The van der Waals surface area contributed by atoms with Crippen molar-refractivity contribution in [3.05, 3.63) is 23.8 Å². The highest BCUT2D eigenvalue weighted by atomic mass is 32.2. The average molecular weight is 323 g/mol. The molecule has 0 unspecified atom stereocenters. The Hall–Kier alpha value is -1.60. The van der Waals surface area contributed by atoms with Crippen molar-refractivity contribution in [2.24, 2.45) is 5.92 Å². The second kappa shape index (κ2) is 5.89. The van der Waals surface area contributed by atoms with E-state index in [1.165, 1.54) is 10.6 Å². The molecule has 1 aromatic carbocycles. The Morgan fingerprint density at radius 2 is 2.05 bits per heavy atom. The molecule has 0 bridgehead atoms. The number of nitrogens with zero attached hydrogens (tertiary/aromatic N) is 1. The standard InChI is InChI=1S/C15H21N3O3S/c1-22(20,21)18-9-6-11-2-3-13(10-14(11)18)17-15(19)12-4-7-16-8-5-12/h2-3,10,12,16H,4-9H2,1H3,(H,17,19). The summed E-state index contributed by atoms with van der Waals surface area (Å²) < 4.78 is 25.0. The molecule has 0 atom stereocenters. The topological polar surface area (TPSA) is 78.5 Å². The van der Waals surface area contributed by atoms with Crippen molar-refractivity contribution in [1.29, 1.82) is 0 Å². The van der Waals surface area contributed by atoms with Crippen LogP contribution in [0.5, 0.6) is 0 Å². The van der Waals surface area contributed by atoms with Gasteiger partial charge in [0.15, 0.2) is 0 Å². The molecule has 22 heavy (non-hydrogen) atoms. The lowest BCUT2D eigenvalue weighted by molar-refractivity contribution is -0.120. The van der Waals surface area contributed by atoms with Gasteiger partial charge in [0.1, 0.15) is 0 Å². The van der Waals surface area contributed by atoms with Gasteiger partial charge < -0.3 is 10.6 Å². The molecular weight excluding hydrogens is 302 g/mol. The Morgan fingerprint density at radius 3 is 2.73 bits per heavy atom. The van der Waals surface area contributed by atoms with Gasteiger partial charge in [0.05, 0.1) is 11.9 Å². The van der Waals surface area contributed by atoms with Gasteiger partial charge in [-0.3, -0.25) is 9.10 Å². The maximum atomic E-state index is 12.3. The summed E-state index contributed by atoms with van der Waals surface area (Å²) in [5.74, 6) is 0.0471. The normalized spacial score (nSPS) is 19.0. The zero-order valence-corrected chi connectivity index (χ0v) is 13.4. The number of fused-ring (bicyclic) bond motifs is 1. The number of carbonyl (C=O) groups is 1.